The van der Waals surface area contributed by atoms with E-state index in [0.29, 0.717) is 62.1 Å². The SMILES string of the molecule is CCCC[C@H](NC(=O)[C@H](Cc1ccc(O)cc1)NC(=O)[C@@H]1CCCN1C(=O)[C@H](CC(=O)O)NC(=O)[C@H](C)NC(=O)[C@H](Cc1ccccc1)NC(=O)[C@@H](N)CSCCCC(=O)N1CCCN(C(=O)CCC)C1)C(=O)N[C@@H](CS)C(=O)N[C@@H](C)C(N)=O. The van der Waals surface area contributed by atoms with Crippen molar-refractivity contribution in [1.29, 1.82) is 0 Å². The molecular weight excluding hydrogens is 1140 g/mol. The molecular formula is C57H84N12O14S2. The lowest BCUT2D eigenvalue weighted by Gasteiger charge is -2.35. The summed E-state index contributed by atoms with van der Waals surface area (Å²) < 4.78 is 0. The normalized spacial score (nSPS) is 16.8. The average Bonchev–Trinajstić information content (AvgIpc) is 3.82. The van der Waals surface area contributed by atoms with Gasteiger partial charge in [-0.05, 0) is 81.4 Å². The maximum Gasteiger partial charge on any atom is 0.305 e. The van der Waals surface area contributed by atoms with Gasteiger partial charge in [-0.2, -0.15) is 24.4 Å². The first-order chi connectivity index (χ1) is 40.5. The second-order valence-corrected chi connectivity index (χ2v) is 22.7. The minimum Gasteiger partial charge on any atom is -0.508 e. The lowest BCUT2D eigenvalue weighted by atomic mass is 10.0. The zero-order valence-electron chi connectivity index (χ0n) is 48.7. The van der Waals surface area contributed by atoms with Gasteiger partial charge >= 0.3 is 5.97 Å². The zero-order chi connectivity index (χ0) is 62.8. The van der Waals surface area contributed by atoms with Crippen molar-refractivity contribution < 1.29 is 67.7 Å². The molecule has 26 nitrogen and oxygen atoms in total. The quantitative estimate of drug-likeness (QED) is 0.0306. The largest absolute Gasteiger partial charge is 0.508 e. The first-order valence-electron chi connectivity index (χ1n) is 28.7. The summed E-state index contributed by atoms with van der Waals surface area (Å²) in [5.74, 6) is -8.50. The zero-order valence-corrected chi connectivity index (χ0v) is 50.4. The number of unbranched alkanes of at least 4 members (excludes halogenated alkanes) is 1. The molecule has 0 saturated carbocycles. The molecule has 2 aliphatic heterocycles. The highest BCUT2D eigenvalue weighted by molar-refractivity contribution is 7.99. The summed E-state index contributed by atoms with van der Waals surface area (Å²) in [5.41, 5.74) is 12.7. The maximum absolute atomic E-state index is 14.3. The molecule has 4 rings (SSSR count). The first kappa shape index (κ1) is 70.0. The van der Waals surface area contributed by atoms with E-state index in [0.717, 1.165) is 11.3 Å². The van der Waals surface area contributed by atoms with Gasteiger partial charge in [0.2, 0.25) is 65.0 Å². The van der Waals surface area contributed by atoms with E-state index in [9.17, 15) is 67.7 Å². The second kappa shape index (κ2) is 35.7. The Kier molecular flexibility index (Phi) is 29.4. The summed E-state index contributed by atoms with van der Waals surface area (Å²) in [6.07, 6.45) is 2.97. The summed E-state index contributed by atoms with van der Waals surface area (Å²) in [4.78, 5) is 164. The molecule has 0 aliphatic carbocycles. The molecule has 11 amide bonds. The van der Waals surface area contributed by atoms with Gasteiger partial charge in [-0.3, -0.25) is 57.5 Å². The van der Waals surface area contributed by atoms with Gasteiger partial charge < -0.3 is 73.6 Å². The summed E-state index contributed by atoms with van der Waals surface area (Å²) in [7, 11) is 0. The molecule has 0 aromatic heterocycles. The third-order valence-corrected chi connectivity index (χ3v) is 15.8. The van der Waals surface area contributed by atoms with Gasteiger partial charge in [-0.1, -0.05) is 69.2 Å². The third kappa shape index (κ3) is 23.1. The highest BCUT2D eigenvalue weighted by Crippen LogP contribution is 2.21. The summed E-state index contributed by atoms with van der Waals surface area (Å²) in [6, 6.07) is 2.75. The number of thiol groups is 1. The van der Waals surface area contributed by atoms with Gasteiger partial charge in [0.05, 0.1) is 19.1 Å². The van der Waals surface area contributed by atoms with E-state index in [1.807, 2.05) is 13.8 Å². The molecule has 2 fully saturated rings. The number of amides is 11. The van der Waals surface area contributed by atoms with Crippen LogP contribution in [0.5, 0.6) is 5.75 Å². The second-order valence-electron chi connectivity index (χ2n) is 21.2. The Bertz CT molecular complexity index is 2640. The van der Waals surface area contributed by atoms with E-state index in [2.05, 4.69) is 49.8 Å². The highest BCUT2D eigenvalue weighted by Gasteiger charge is 2.41. The summed E-state index contributed by atoms with van der Waals surface area (Å²) in [6.45, 7) is 7.84. The fourth-order valence-electron chi connectivity index (χ4n) is 9.39. The lowest BCUT2D eigenvalue weighted by molar-refractivity contribution is -0.146. The fraction of sp³-hybridized carbons (Fsp3) is 0.579. The van der Waals surface area contributed by atoms with Crippen molar-refractivity contribution in [3.63, 3.8) is 0 Å². The number of phenols is 1. The smallest absolute Gasteiger partial charge is 0.305 e. The molecule has 9 atom stereocenters. The molecule has 2 aromatic carbocycles. The Morgan fingerprint density at radius 2 is 1.19 bits per heavy atom. The van der Waals surface area contributed by atoms with Crippen molar-refractivity contribution in [2.75, 3.05) is 43.6 Å². The van der Waals surface area contributed by atoms with Gasteiger partial charge in [-0.15, -0.1) is 0 Å². The van der Waals surface area contributed by atoms with Crippen LogP contribution in [0.1, 0.15) is 109 Å². The van der Waals surface area contributed by atoms with Crippen LogP contribution in [0.4, 0.5) is 0 Å². The molecule has 28 heteroatoms. The van der Waals surface area contributed by atoms with E-state index in [1.54, 1.807) is 40.1 Å². The van der Waals surface area contributed by atoms with Gasteiger partial charge in [-0.25, -0.2) is 0 Å². The number of thioether (sulfide) groups is 1. The molecule has 2 aromatic rings. The number of hydrogen-bond donors (Lipinski definition) is 12. The number of aliphatic carboxylic acids is 1. The van der Waals surface area contributed by atoms with Crippen molar-refractivity contribution in [2.45, 2.75) is 166 Å². The van der Waals surface area contributed by atoms with Crippen molar-refractivity contribution in [2.24, 2.45) is 11.5 Å². The number of likely N-dealkylation sites (tertiary alicyclic amines) is 1. The monoisotopic (exact) mass is 1220 g/mol. The number of primary amides is 1. The molecule has 0 radical (unpaired) electrons. The number of rotatable bonds is 34. The number of phenolic OH excluding ortho intramolecular Hbond substituents is 1. The van der Waals surface area contributed by atoms with Crippen LogP contribution in [-0.4, -0.2) is 194 Å². The topological polar surface area (TPSA) is 391 Å². The Morgan fingerprint density at radius 3 is 1.80 bits per heavy atom. The number of nitrogens with two attached hydrogens (primary N) is 2. The Morgan fingerprint density at radius 1 is 0.635 bits per heavy atom. The van der Waals surface area contributed by atoms with Crippen LogP contribution in [0.25, 0.3) is 0 Å². The standard InChI is InChI=1S/C57H84N12O14S2/c1-5-7-17-40(52(78)66-44(31-84)55(81)60-34(3)49(59)75)62-54(80)42(29-37-20-22-38(70)23-21-37)64-56(82)45-18-11-26-69(45)57(83)43(30-48(73)74)65-50(76)35(4)61-53(79)41(28-36-15-9-8-10-16-36)63-51(77)39(58)32-85-27-12-19-47(72)68-25-13-24-67(33-68)46(71)14-6-2/h8-10,15-16,20-23,34-35,39-45,70,84H,5-7,11-14,17-19,24-33,58H2,1-4H3,(H2,59,75)(H,60,81)(H,61,79)(H,62,80)(H,63,77)(H,64,82)(H,65,76)(H,66,78)(H,73,74)/t34-,35-,39-,40-,41-,42-,43-,44-,45-/m0/s1. The van der Waals surface area contributed by atoms with Crippen LogP contribution in [0, 0.1) is 0 Å². The van der Waals surface area contributed by atoms with Crippen LogP contribution in [0.15, 0.2) is 54.6 Å². The van der Waals surface area contributed by atoms with E-state index < -0.39 is 120 Å². The van der Waals surface area contributed by atoms with Crippen molar-refractivity contribution in [3.8, 4) is 5.75 Å². The molecule has 0 unspecified atom stereocenters. The predicted molar refractivity (Wildman–Crippen MR) is 319 cm³/mol. The minimum atomic E-state index is -1.75. The minimum absolute atomic E-state index is 0.0192. The average molecular weight is 1230 g/mol. The predicted octanol–water partition coefficient (Wildman–Crippen LogP) is -0.659. The van der Waals surface area contributed by atoms with E-state index in [-0.39, 0.29) is 80.8 Å². The molecule has 85 heavy (non-hydrogen) atoms. The van der Waals surface area contributed by atoms with E-state index >= 15 is 0 Å². The Labute approximate surface area is 505 Å². The van der Waals surface area contributed by atoms with Crippen LogP contribution < -0.4 is 48.7 Å². The number of aromatic hydroxyl groups is 1. The van der Waals surface area contributed by atoms with Crippen molar-refractivity contribution >= 4 is 95.3 Å². The number of benzene rings is 2. The number of carboxylic acids is 1. The van der Waals surface area contributed by atoms with Gasteiger partial charge in [0, 0.05) is 56.8 Å². The van der Waals surface area contributed by atoms with Crippen molar-refractivity contribution in [3.05, 3.63) is 65.7 Å². The maximum atomic E-state index is 14.3. The molecule has 2 saturated heterocycles. The third-order valence-electron chi connectivity index (χ3n) is 14.3. The fourth-order valence-corrected chi connectivity index (χ4v) is 10.6. The Balaban J connectivity index is 1.42. The van der Waals surface area contributed by atoms with Crippen molar-refractivity contribution in [1.82, 2.24) is 51.9 Å². The van der Waals surface area contributed by atoms with E-state index in [4.69, 9.17) is 11.5 Å². The summed E-state index contributed by atoms with van der Waals surface area (Å²) >= 11 is 5.53. The van der Waals surface area contributed by atoms with Gasteiger partial charge in [0.25, 0.3) is 0 Å². The molecule has 13 N–H and O–H groups in total. The molecule has 0 spiro atoms. The number of nitrogens with zero attached hydrogens (tertiary/aromatic N) is 3. The van der Waals surface area contributed by atoms with Crippen LogP contribution in [-0.2, 0) is 70.4 Å². The molecule has 0 bridgehead atoms. The number of nitrogens with one attached hydrogen (secondary N) is 7. The number of carbonyl (C=O) groups is 12. The lowest BCUT2D eigenvalue weighted by Crippen LogP contribution is -2.60. The van der Waals surface area contributed by atoms with Gasteiger partial charge in [0.15, 0.2) is 0 Å². The first-order valence-corrected chi connectivity index (χ1v) is 30.5. The van der Waals surface area contributed by atoms with E-state index in [1.165, 1.54) is 49.9 Å². The molecule has 2 aliphatic rings. The number of carboxylic acid groups (broad SMARTS) is 1. The molecule has 2 heterocycles. The van der Waals surface area contributed by atoms with Crippen LogP contribution in [0.3, 0.4) is 0 Å². The number of carbonyl (C=O) groups excluding carboxylic acids is 11. The number of hydrogen-bond acceptors (Lipinski definition) is 16. The molecule has 468 valence electrons. The van der Waals surface area contributed by atoms with Crippen LogP contribution in [0.2, 0.25) is 0 Å². The van der Waals surface area contributed by atoms with Gasteiger partial charge in [0.1, 0.15) is 54.1 Å². The Hall–Kier alpha value is -7.46. The van der Waals surface area contributed by atoms with Crippen LogP contribution >= 0.6 is 24.4 Å². The highest BCUT2D eigenvalue weighted by atomic mass is 32.2. The summed E-state index contributed by atoms with van der Waals surface area (Å²) in [5, 5.41) is 37.8.